The number of furan rings is 1. The Morgan fingerprint density at radius 2 is 1.58 bits per heavy atom. The summed E-state index contributed by atoms with van der Waals surface area (Å²) in [6, 6.07) is 20.5. The molecule has 3 aromatic heterocycles. The summed E-state index contributed by atoms with van der Waals surface area (Å²) in [5.41, 5.74) is 2.98. The Bertz CT molecular complexity index is 2520. The molecule has 1 N–H and O–H groups in total. The molecule has 6 heteroatoms. The van der Waals surface area contributed by atoms with Crippen LogP contribution in [0.3, 0.4) is 0 Å². The molecule has 0 bridgehead atoms. The van der Waals surface area contributed by atoms with Gasteiger partial charge in [0, 0.05) is 76.1 Å². The maximum Gasteiger partial charge on any atom is 0.164 e. The number of aliphatic hydroxyl groups is 1. The van der Waals surface area contributed by atoms with Crippen LogP contribution in [0.15, 0.2) is 83.1 Å². The minimum atomic E-state index is -2.58. The van der Waals surface area contributed by atoms with E-state index in [1.807, 2.05) is 86.6 Å². The predicted octanol–water partition coefficient (Wildman–Crippen LogP) is 12.0. The molecule has 0 fully saturated rings. The molecule has 1 radical (unpaired) electrons. The molecule has 0 saturated heterocycles. The SMILES string of the molecule is CC(C)(C)C(=O)/C=C(\O)C(C)(C)C.[2H]C([2H])c1ccc2c(c1)oc1c(-c3cc(-c4cc5ccc(C(C)(C)C)nc5cc4C([2H])([2H])[2H])c(C([2H])([2H])[2H])cn3)[c-]ccc12.[Ir]. The Morgan fingerprint density at radius 1 is 0.860 bits per heavy atom. The molecule has 0 aliphatic rings. The van der Waals surface area contributed by atoms with Crippen molar-refractivity contribution in [3.8, 4) is 22.4 Å². The standard InChI is InChI=1S/C33H29N2O.C11H20O2.Ir/c1-19-10-12-23-24-8-7-9-25(32(24)36-30(23)14-19)29-17-27(21(3)18-34-29)26-16-22-11-13-31(33(4,5)6)35-28(22)15-20(26)2;1-10(2,3)8(12)7-9(13)11(4,5)6;/h7-8,10-18H,1-6H3;7,12H,1-6H3;/q-1;;/b;8-7-;/i1D2,2D3,3D3;;. The van der Waals surface area contributed by atoms with Crippen molar-refractivity contribution in [2.45, 2.75) is 88.3 Å². The first-order chi connectivity index (χ1) is 26.1. The fourth-order valence-electron chi connectivity index (χ4n) is 5.13. The van der Waals surface area contributed by atoms with E-state index in [4.69, 9.17) is 20.4 Å². The van der Waals surface area contributed by atoms with E-state index in [9.17, 15) is 9.90 Å². The number of ketones is 1. The van der Waals surface area contributed by atoms with Gasteiger partial charge in [-0.2, -0.15) is 0 Å². The number of aryl methyl sites for hydroxylation is 3. The topological polar surface area (TPSA) is 76.2 Å². The quantitative estimate of drug-likeness (QED) is 0.109. The molecule has 3 aromatic carbocycles. The molecule has 0 aliphatic heterocycles. The van der Waals surface area contributed by atoms with Gasteiger partial charge >= 0.3 is 0 Å². The van der Waals surface area contributed by atoms with Gasteiger partial charge in [-0.05, 0) is 78.4 Å². The molecule has 6 rings (SSSR count). The van der Waals surface area contributed by atoms with E-state index in [2.05, 4.69) is 11.1 Å². The van der Waals surface area contributed by atoms with Crippen molar-refractivity contribution in [1.29, 1.82) is 0 Å². The maximum atomic E-state index is 11.5. The van der Waals surface area contributed by atoms with Crippen LogP contribution in [0.1, 0.15) is 95.7 Å². The van der Waals surface area contributed by atoms with Crippen molar-refractivity contribution in [1.82, 2.24) is 9.97 Å². The number of carbonyl (C=O) groups is 1. The second-order valence-corrected chi connectivity index (χ2v) is 15.5. The summed E-state index contributed by atoms with van der Waals surface area (Å²) >= 11 is 0. The molecule has 0 aliphatic carbocycles. The van der Waals surface area contributed by atoms with Crippen LogP contribution in [0.2, 0.25) is 0 Å². The van der Waals surface area contributed by atoms with Crippen LogP contribution >= 0.6 is 0 Å². The summed E-state index contributed by atoms with van der Waals surface area (Å²) in [7, 11) is 0. The van der Waals surface area contributed by atoms with E-state index in [1.165, 1.54) is 18.3 Å². The van der Waals surface area contributed by atoms with Gasteiger partial charge in [-0.1, -0.05) is 97.5 Å². The molecule has 0 atom stereocenters. The summed E-state index contributed by atoms with van der Waals surface area (Å²) in [4.78, 5) is 20.7. The van der Waals surface area contributed by atoms with Gasteiger partial charge in [0.15, 0.2) is 5.78 Å². The zero-order valence-corrected chi connectivity index (χ0v) is 32.4. The van der Waals surface area contributed by atoms with Crippen molar-refractivity contribution >= 4 is 38.6 Å². The number of rotatable bonds is 3. The number of aromatic nitrogens is 2. The number of aliphatic hydroxyl groups excluding tert-OH is 1. The first-order valence-electron chi connectivity index (χ1n) is 20.4. The zero-order chi connectivity index (χ0) is 42.6. The Hall–Kier alpha value is -4.12. The summed E-state index contributed by atoms with van der Waals surface area (Å²) in [5.74, 6) is 0.104. The van der Waals surface area contributed by atoms with Gasteiger partial charge < -0.3 is 14.5 Å². The predicted molar refractivity (Wildman–Crippen MR) is 204 cm³/mol. The number of allylic oxidation sites excluding steroid dienone is 2. The van der Waals surface area contributed by atoms with E-state index in [1.54, 1.807) is 30.3 Å². The first-order valence-corrected chi connectivity index (χ1v) is 16.2. The van der Waals surface area contributed by atoms with Crippen LogP contribution in [0.25, 0.3) is 55.2 Å². The van der Waals surface area contributed by atoms with Gasteiger partial charge in [0.05, 0.1) is 11.1 Å². The average molecular weight is 854 g/mol. The van der Waals surface area contributed by atoms with Crippen LogP contribution in [0.5, 0.6) is 0 Å². The molecule has 0 spiro atoms. The Balaban J connectivity index is 0.000000460. The van der Waals surface area contributed by atoms with Gasteiger partial charge in [-0.25, -0.2) is 0 Å². The number of benzene rings is 3. The van der Waals surface area contributed by atoms with E-state index in [0.717, 1.165) is 16.5 Å². The molecule has 6 aromatic rings. The van der Waals surface area contributed by atoms with Crippen LogP contribution in [0.4, 0.5) is 0 Å². The maximum absolute atomic E-state index is 11.5. The van der Waals surface area contributed by atoms with E-state index in [0.29, 0.717) is 38.9 Å². The largest absolute Gasteiger partial charge is 0.512 e. The van der Waals surface area contributed by atoms with Crippen molar-refractivity contribution < 1.29 is 45.4 Å². The van der Waals surface area contributed by atoms with Crippen molar-refractivity contribution in [3.63, 3.8) is 0 Å². The molecule has 0 saturated carbocycles. The minimum absolute atomic E-state index is 0. The summed E-state index contributed by atoms with van der Waals surface area (Å²) in [6.45, 7) is 10.9. The molecule has 3 heterocycles. The Labute approximate surface area is 321 Å². The summed E-state index contributed by atoms with van der Waals surface area (Å²) < 4.78 is 71.6. The minimum Gasteiger partial charge on any atom is -0.512 e. The molecular formula is C44H49IrN2O3-. The number of nitrogens with zero attached hydrogens (tertiary/aromatic N) is 2. The van der Waals surface area contributed by atoms with Gasteiger partial charge in [0.25, 0.3) is 0 Å². The van der Waals surface area contributed by atoms with Crippen molar-refractivity contribution in [2.75, 3.05) is 0 Å². The van der Waals surface area contributed by atoms with Crippen LogP contribution in [-0.4, -0.2) is 20.9 Å². The number of hydrogen-bond acceptors (Lipinski definition) is 5. The van der Waals surface area contributed by atoms with Crippen LogP contribution in [0, 0.1) is 37.5 Å². The Kier molecular flexibility index (Phi) is 8.14. The van der Waals surface area contributed by atoms with Crippen molar-refractivity contribution in [3.05, 3.63) is 107 Å². The van der Waals surface area contributed by atoms with Gasteiger partial charge in [0.2, 0.25) is 0 Å². The molecular weight excluding hydrogens is 797 g/mol. The summed E-state index contributed by atoms with van der Waals surface area (Å²) in [5, 5.41) is 11.8. The summed E-state index contributed by atoms with van der Waals surface area (Å²) in [6.07, 6.45) is 2.60. The third-order valence-corrected chi connectivity index (χ3v) is 8.28. The van der Waals surface area contributed by atoms with E-state index in [-0.39, 0.29) is 64.7 Å². The van der Waals surface area contributed by atoms with Gasteiger partial charge in [-0.15, -0.1) is 18.2 Å². The smallest absolute Gasteiger partial charge is 0.164 e. The Morgan fingerprint density at radius 3 is 2.22 bits per heavy atom. The molecule has 5 nitrogen and oxygen atoms in total. The van der Waals surface area contributed by atoms with Crippen molar-refractivity contribution in [2.24, 2.45) is 10.8 Å². The van der Waals surface area contributed by atoms with Crippen LogP contribution < -0.4 is 0 Å². The fraction of sp³-hybridized carbons (Fsp3) is 0.341. The number of pyridine rings is 2. The average Bonchev–Trinajstić information content (AvgIpc) is 3.47. The van der Waals surface area contributed by atoms with Crippen LogP contribution in [-0.2, 0) is 30.3 Å². The molecule has 0 amide bonds. The van der Waals surface area contributed by atoms with Gasteiger partial charge in [0.1, 0.15) is 11.3 Å². The number of hydrogen-bond donors (Lipinski definition) is 1. The number of carbonyl (C=O) groups excluding carboxylic acids is 1. The van der Waals surface area contributed by atoms with E-state index < -0.39 is 26.0 Å². The zero-order valence-electron chi connectivity index (χ0n) is 38.0. The second kappa shape index (κ2) is 14.2. The molecule has 50 heavy (non-hydrogen) atoms. The number of fused-ring (bicyclic) bond motifs is 4. The monoisotopic (exact) mass is 854 g/mol. The molecule has 263 valence electrons. The second-order valence-electron chi connectivity index (χ2n) is 15.5. The van der Waals surface area contributed by atoms with Gasteiger partial charge in [-0.3, -0.25) is 9.78 Å². The third kappa shape index (κ3) is 8.25. The fourth-order valence-corrected chi connectivity index (χ4v) is 5.13. The third-order valence-electron chi connectivity index (χ3n) is 8.28. The normalized spacial score (nSPS) is 15.4. The molecule has 0 unspecified atom stereocenters. The first kappa shape index (κ1) is 28.6. The van der Waals surface area contributed by atoms with E-state index >= 15 is 0 Å².